The monoisotopic (exact) mass is 288 g/mol. The van der Waals surface area contributed by atoms with Crippen molar-refractivity contribution in [1.82, 2.24) is 9.55 Å². The van der Waals surface area contributed by atoms with Gasteiger partial charge in [-0.1, -0.05) is 6.07 Å². The number of aromatic nitrogens is 2. The molecule has 2 atom stereocenters. The highest BCUT2D eigenvalue weighted by Gasteiger charge is 2.30. The molecule has 1 aromatic heterocycles. The normalized spacial score (nSPS) is 24.7. The zero-order chi connectivity index (χ0) is 17.8. The summed E-state index contributed by atoms with van der Waals surface area (Å²) in [6.45, 7) is 1.50. The van der Waals surface area contributed by atoms with Crippen LogP contribution in [0.5, 0.6) is 0 Å². The van der Waals surface area contributed by atoms with Crippen molar-refractivity contribution in [3.05, 3.63) is 34.3 Å². The Morgan fingerprint density at radius 1 is 1.43 bits per heavy atom. The minimum Gasteiger partial charge on any atom is -0.398 e. The molecule has 0 radical (unpaired) electrons. The summed E-state index contributed by atoms with van der Waals surface area (Å²) in [7, 11) is 0. The lowest BCUT2D eigenvalue weighted by Gasteiger charge is -2.24. The van der Waals surface area contributed by atoms with Crippen molar-refractivity contribution in [2.75, 3.05) is 5.73 Å². The third-order valence-electron chi connectivity index (χ3n) is 3.55. The van der Waals surface area contributed by atoms with Gasteiger partial charge in [0.1, 0.15) is 11.6 Å². The lowest BCUT2D eigenvalue weighted by atomic mass is 9.92. The zero-order valence-corrected chi connectivity index (χ0v) is 11.3. The molecule has 1 fully saturated rings. The molecule has 0 spiro atoms. The molecule has 0 aliphatic heterocycles. The van der Waals surface area contributed by atoms with Crippen LogP contribution in [0.1, 0.15) is 35.2 Å². The molecule has 0 amide bonds. The minimum atomic E-state index is -1.12. The summed E-state index contributed by atoms with van der Waals surface area (Å²) >= 11 is 0. The number of nitrogens with zero attached hydrogens (tertiary/aromatic N) is 2. The second-order valence-corrected chi connectivity index (χ2v) is 4.97. The molecule has 1 aliphatic carbocycles. The van der Waals surface area contributed by atoms with Gasteiger partial charge in [0.05, 0.1) is 26.1 Å². The molecule has 2 aromatic rings. The van der Waals surface area contributed by atoms with E-state index in [1.165, 1.54) is 13.0 Å². The third kappa shape index (κ3) is 2.12. The number of hydrogen-bond acceptors (Lipinski definition) is 5. The Morgan fingerprint density at radius 3 is 2.90 bits per heavy atom. The second-order valence-electron chi connectivity index (χ2n) is 4.97. The van der Waals surface area contributed by atoms with Crippen molar-refractivity contribution in [3.8, 4) is 0 Å². The Balaban J connectivity index is 2.34. The zero-order valence-electron chi connectivity index (χ0n) is 14.3. The van der Waals surface area contributed by atoms with Crippen molar-refractivity contribution >= 4 is 28.2 Å². The molecule has 1 aromatic carbocycles. The predicted octanol–water partition coefficient (Wildman–Crippen LogP) is 1.15. The summed E-state index contributed by atoms with van der Waals surface area (Å²) in [5, 5.41) is -0.102. The van der Waals surface area contributed by atoms with E-state index in [4.69, 9.17) is 9.85 Å². The molecule has 6 heteroatoms. The molecule has 1 saturated carbocycles. The first kappa shape index (κ1) is 10.3. The molecule has 6 nitrogen and oxygen atoms in total. The van der Waals surface area contributed by atoms with Gasteiger partial charge >= 0.3 is 0 Å². The largest absolute Gasteiger partial charge is 0.398 e. The molecule has 2 unspecified atom stereocenters. The van der Waals surface area contributed by atoms with Crippen LogP contribution < -0.4 is 11.3 Å². The van der Waals surface area contributed by atoms with Crippen molar-refractivity contribution in [2.45, 2.75) is 32.2 Å². The minimum absolute atomic E-state index is 0.0584. The van der Waals surface area contributed by atoms with Crippen LogP contribution in [0.15, 0.2) is 22.9 Å². The molecule has 2 N–H and O–H groups in total. The molecular weight excluding hydrogens is 270 g/mol. The number of hydrogen-bond donors (Lipinski definition) is 1. The van der Waals surface area contributed by atoms with Crippen LogP contribution in [0.3, 0.4) is 0 Å². The van der Waals surface area contributed by atoms with Crippen molar-refractivity contribution in [3.63, 3.8) is 0 Å². The fourth-order valence-corrected chi connectivity index (χ4v) is 2.56. The van der Waals surface area contributed by atoms with E-state index in [0.717, 1.165) is 4.57 Å². The van der Waals surface area contributed by atoms with Crippen LogP contribution in [-0.4, -0.2) is 21.1 Å². The standard InChI is InChI=1S/C15H15N3O3/c1-8-17-11-4-2-3-10(16)14(11)15(21)18(8)12-6-5-9(19)7-13(12)20/h2-4,12H,5-7,16H2,1H3/i3D,4D,6D. The predicted molar refractivity (Wildman–Crippen MR) is 78.1 cm³/mol. The number of anilines is 1. The highest BCUT2D eigenvalue weighted by Crippen LogP contribution is 2.24. The van der Waals surface area contributed by atoms with Gasteiger partial charge in [-0.05, 0) is 25.4 Å². The average molecular weight is 288 g/mol. The highest BCUT2D eigenvalue weighted by atomic mass is 16.2. The maximum absolute atomic E-state index is 12.9. The number of Topliss-reactive ketones (excluding diaryl/α,β-unsaturated/α-hetero) is 2. The highest BCUT2D eigenvalue weighted by molar-refractivity contribution is 6.03. The molecule has 21 heavy (non-hydrogen) atoms. The fourth-order valence-electron chi connectivity index (χ4n) is 2.56. The molecule has 1 aliphatic rings. The van der Waals surface area contributed by atoms with Gasteiger partial charge in [0.15, 0.2) is 5.78 Å². The number of aryl methyl sites for hydroxylation is 1. The smallest absolute Gasteiger partial charge is 0.264 e. The van der Waals surface area contributed by atoms with Crippen LogP contribution in [0.2, 0.25) is 0 Å². The molecule has 108 valence electrons. The van der Waals surface area contributed by atoms with Crippen LogP contribution in [0, 0.1) is 6.92 Å². The Labute approximate surface area is 124 Å². The van der Waals surface area contributed by atoms with E-state index in [-0.39, 0.29) is 53.1 Å². The Kier molecular flexibility index (Phi) is 2.35. The van der Waals surface area contributed by atoms with E-state index in [9.17, 15) is 14.4 Å². The van der Waals surface area contributed by atoms with Gasteiger partial charge in [0.25, 0.3) is 5.56 Å². The van der Waals surface area contributed by atoms with Gasteiger partial charge < -0.3 is 5.73 Å². The lowest BCUT2D eigenvalue weighted by molar-refractivity contribution is -0.132. The Bertz CT molecular complexity index is 955. The second kappa shape index (κ2) is 4.80. The molecule has 1 heterocycles. The molecule has 0 saturated heterocycles. The topological polar surface area (TPSA) is 95.0 Å². The van der Waals surface area contributed by atoms with E-state index < -0.39 is 23.8 Å². The third-order valence-corrected chi connectivity index (χ3v) is 3.55. The van der Waals surface area contributed by atoms with E-state index in [0.29, 0.717) is 0 Å². The Hall–Kier alpha value is -2.50. The van der Waals surface area contributed by atoms with Crippen molar-refractivity contribution in [2.24, 2.45) is 0 Å². The first-order valence-corrected chi connectivity index (χ1v) is 6.47. The summed E-state index contributed by atoms with van der Waals surface area (Å²) in [5.74, 6) is -0.663. The van der Waals surface area contributed by atoms with Crippen LogP contribution in [0.25, 0.3) is 10.9 Å². The van der Waals surface area contributed by atoms with Crippen LogP contribution in [-0.2, 0) is 9.59 Å². The average Bonchev–Trinajstić information content (AvgIpc) is 2.46. The van der Waals surface area contributed by atoms with Crippen molar-refractivity contribution < 1.29 is 13.7 Å². The number of fused-ring (bicyclic) bond motifs is 1. The number of nitrogen functional groups attached to an aromatic ring is 1. The Morgan fingerprint density at radius 2 is 2.19 bits per heavy atom. The van der Waals surface area contributed by atoms with Gasteiger partial charge in [0, 0.05) is 13.5 Å². The van der Waals surface area contributed by atoms with E-state index in [2.05, 4.69) is 4.98 Å². The SMILES string of the molecule is [2H]c1cc([2H])c2nc(C)n(C3C(=O)CC(=O)CC3[2H])c(=O)c2c1N. The number of rotatable bonds is 1. The maximum atomic E-state index is 12.9. The fraction of sp³-hybridized carbons (Fsp3) is 0.333. The van der Waals surface area contributed by atoms with E-state index in [1.807, 2.05) is 0 Å². The van der Waals surface area contributed by atoms with Crippen LogP contribution in [0.4, 0.5) is 5.69 Å². The molecule has 3 rings (SSSR count). The summed E-state index contributed by atoms with van der Waals surface area (Å²) < 4.78 is 24.7. The summed E-state index contributed by atoms with van der Waals surface area (Å²) in [4.78, 5) is 40.8. The first-order valence-electron chi connectivity index (χ1n) is 8.05. The first-order chi connectivity index (χ1) is 11.2. The number of nitrogens with two attached hydrogens (primary N) is 1. The summed E-state index contributed by atoms with van der Waals surface area (Å²) in [6.07, 6.45) is -1.51. The number of carbonyl (C=O) groups excluding carboxylic acids is 2. The van der Waals surface area contributed by atoms with E-state index >= 15 is 0 Å². The van der Waals surface area contributed by atoms with E-state index in [1.54, 1.807) is 0 Å². The molecular formula is C15H15N3O3. The van der Waals surface area contributed by atoms with Gasteiger partial charge in [-0.25, -0.2) is 4.98 Å². The van der Waals surface area contributed by atoms with Gasteiger partial charge in [-0.15, -0.1) is 0 Å². The molecule has 0 bridgehead atoms. The summed E-state index contributed by atoms with van der Waals surface area (Å²) in [5.41, 5.74) is 5.09. The van der Waals surface area contributed by atoms with Gasteiger partial charge in [-0.2, -0.15) is 0 Å². The maximum Gasteiger partial charge on any atom is 0.264 e. The number of ketones is 2. The number of benzene rings is 1. The van der Waals surface area contributed by atoms with Crippen molar-refractivity contribution in [1.29, 1.82) is 0 Å². The van der Waals surface area contributed by atoms with Gasteiger partial charge in [-0.3, -0.25) is 19.0 Å². The quantitative estimate of drug-likeness (QED) is 0.627. The summed E-state index contributed by atoms with van der Waals surface area (Å²) in [6, 6.07) is -0.195. The lowest BCUT2D eigenvalue weighted by Crippen LogP contribution is -2.36. The van der Waals surface area contributed by atoms with Crippen LogP contribution >= 0.6 is 0 Å². The van der Waals surface area contributed by atoms with Gasteiger partial charge in [0.2, 0.25) is 0 Å². The number of carbonyl (C=O) groups is 2.